The van der Waals surface area contributed by atoms with Crippen molar-refractivity contribution in [2.45, 2.75) is 38.8 Å². The van der Waals surface area contributed by atoms with Crippen LogP contribution in [0, 0.1) is 0 Å². The molecule has 0 saturated carbocycles. The zero-order chi connectivity index (χ0) is 24.1. The fourth-order valence-corrected chi connectivity index (χ4v) is 3.37. The Morgan fingerprint density at radius 2 is 1.78 bits per heavy atom. The molecule has 0 atom stereocenters. The van der Waals surface area contributed by atoms with E-state index in [0.29, 0.717) is 25.1 Å². The lowest BCUT2D eigenvalue weighted by molar-refractivity contribution is -0.192. The molecule has 32 heavy (non-hydrogen) atoms. The van der Waals surface area contributed by atoms with Gasteiger partial charge in [0.05, 0.1) is 0 Å². The molecule has 2 N–H and O–H groups in total. The first-order valence-electron chi connectivity index (χ1n) is 10.4. The van der Waals surface area contributed by atoms with Crippen molar-refractivity contribution < 1.29 is 32.7 Å². The molecule has 11 heteroatoms. The predicted molar refractivity (Wildman–Crippen MR) is 117 cm³/mol. The summed E-state index contributed by atoms with van der Waals surface area (Å²) in [7, 11) is 0. The second-order valence-corrected chi connectivity index (χ2v) is 8.11. The number of carbonyl (C=O) groups excluding carboxylic acids is 2. The maximum atomic E-state index is 12.9. The summed E-state index contributed by atoms with van der Waals surface area (Å²) in [6.07, 6.45) is -1.52. The van der Waals surface area contributed by atoms with Crippen molar-refractivity contribution in [3.8, 4) is 0 Å². The van der Waals surface area contributed by atoms with Crippen LogP contribution in [0.4, 0.5) is 13.2 Å². The number of benzene rings is 1. The van der Waals surface area contributed by atoms with Gasteiger partial charge in [0.25, 0.3) is 5.91 Å². The summed E-state index contributed by atoms with van der Waals surface area (Å²) >= 11 is 3.42. The smallest absolute Gasteiger partial charge is 0.475 e. The Morgan fingerprint density at radius 1 is 1.16 bits per heavy atom. The summed E-state index contributed by atoms with van der Waals surface area (Å²) in [4.78, 5) is 37.9. The SMILES string of the molecule is CCCCCN(CCC(=O)N1CCNCC1)C(=O)c1cccc(Br)c1.O=C(O)C(F)(F)F. The van der Waals surface area contributed by atoms with Crippen LogP contribution in [0.25, 0.3) is 0 Å². The average molecular weight is 524 g/mol. The quantitative estimate of drug-likeness (QED) is 0.508. The summed E-state index contributed by atoms with van der Waals surface area (Å²) in [5.74, 6) is -2.61. The number of nitrogens with one attached hydrogen (secondary N) is 1. The van der Waals surface area contributed by atoms with E-state index in [1.54, 1.807) is 0 Å². The van der Waals surface area contributed by atoms with E-state index in [9.17, 15) is 22.8 Å². The number of carboxylic acids is 1. The highest BCUT2D eigenvalue weighted by Crippen LogP contribution is 2.15. The molecular formula is C21H29BrF3N3O4. The monoisotopic (exact) mass is 523 g/mol. The summed E-state index contributed by atoms with van der Waals surface area (Å²) in [6.45, 7) is 6.55. The van der Waals surface area contributed by atoms with Crippen molar-refractivity contribution in [2.24, 2.45) is 0 Å². The molecule has 1 aliphatic heterocycles. The molecule has 0 aromatic heterocycles. The number of carboxylic acid groups (broad SMARTS) is 1. The molecule has 2 rings (SSSR count). The van der Waals surface area contributed by atoms with Gasteiger partial charge in [-0.3, -0.25) is 9.59 Å². The molecule has 0 spiro atoms. The van der Waals surface area contributed by atoms with E-state index in [-0.39, 0.29) is 11.8 Å². The summed E-state index contributed by atoms with van der Waals surface area (Å²) in [6, 6.07) is 7.45. The van der Waals surface area contributed by atoms with Gasteiger partial charge in [-0.1, -0.05) is 41.8 Å². The van der Waals surface area contributed by atoms with E-state index < -0.39 is 12.1 Å². The van der Waals surface area contributed by atoms with Gasteiger partial charge in [-0.25, -0.2) is 4.79 Å². The number of piperazine rings is 1. The molecule has 0 aliphatic carbocycles. The van der Waals surface area contributed by atoms with Crippen molar-refractivity contribution in [1.82, 2.24) is 15.1 Å². The molecule has 1 aromatic rings. The lowest BCUT2D eigenvalue weighted by Gasteiger charge is -2.29. The van der Waals surface area contributed by atoms with Gasteiger partial charge in [-0.15, -0.1) is 0 Å². The highest BCUT2D eigenvalue weighted by atomic mass is 79.9. The Morgan fingerprint density at radius 3 is 2.31 bits per heavy atom. The van der Waals surface area contributed by atoms with Crippen LogP contribution in [0.15, 0.2) is 28.7 Å². The number of halogens is 4. The summed E-state index contributed by atoms with van der Waals surface area (Å²) in [5.41, 5.74) is 0.667. The second kappa shape index (κ2) is 14.1. The van der Waals surface area contributed by atoms with Gasteiger partial charge in [-0.2, -0.15) is 13.2 Å². The number of hydrogen-bond donors (Lipinski definition) is 2. The van der Waals surface area contributed by atoms with Crippen LogP contribution >= 0.6 is 15.9 Å². The first kappa shape index (κ1) is 27.9. The standard InChI is InChI=1S/C19H28BrN3O2.C2HF3O2/c1-2-3-4-11-23(19(25)16-6-5-7-17(20)15-16)12-8-18(24)22-13-9-21-10-14-22;3-2(4,5)1(6)7/h5-7,15,21H,2-4,8-14H2,1H3;(H,6,7). The molecule has 0 radical (unpaired) electrons. The minimum atomic E-state index is -5.08. The zero-order valence-corrected chi connectivity index (χ0v) is 19.5. The van der Waals surface area contributed by atoms with E-state index in [1.165, 1.54) is 0 Å². The fourth-order valence-electron chi connectivity index (χ4n) is 2.97. The Bertz CT molecular complexity index is 756. The van der Waals surface area contributed by atoms with Crippen molar-refractivity contribution in [3.63, 3.8) is 0 Å². The van der Waals surface area contributed by atoms with Crippen LogP contribution in [0.5, 0.6) is 0 Å². The number of hydrogen-bond acceptors (Lipinski definition) is 4. The van der Waals surface area contributed by atoms with Crippen molar-refractivity contribution in [2.75, 3.05) is 39.3 Å². The third-order valence-corrected chi connectivity index (χ3v) is 5.19. The first-order chi connectivity index (χ1) is 15.1. The number of alkyl halides is 3. The number of carbonyl (C=O) groups is 3. The molecule has 1 fully saturated rings. The van der Waals surface area contributed by atoms with Gasteiger partial charge in [0.15, 0.2) is 0 Å². The minimum absolute atomic E-state index is 0.00511. The topological polar surface area (TPSA) is 90.0 Å². The molecule has 180 valence electrons. The van der Waals surface area contributed by atoms with Crippen LogP contribution in [-0.2, 0) is 9.59 Å². The largest absolute Gasteiger partial charge is 0.490 e. The van der Waals surface area contributed by atoms with E-state index >= 15 is 0 Å². The zero-order valence-electron chi connectivity index (χ0n) is 18.0. The van der Waals surface area contributed by atoms with Crippen LogP contribution in [-0.4, -0.2) is 78.1 Å². The molecule has 2 amide bonds. The van der Waals surface area contributed by atoms with Gasteiger partial charge in [-0.05, 0) is 24.6 Å². The Hall–Kier alpha value is -2.14. The van der Waals surface area contributed by atoms with Gasteiger partial charge in [0.2, 0.25) is 5.91 Å². The fraction of sp³-hybridized carbons (Fsp3) is 0.571. The number of aliphatic carboxylic acids is 1. The normalized spacial score (nSPS) is 13.7. The van der Waals surface area contributed by atoms with Gasteiger partial charge in [0, 0.05) is 55.7 Å². The number of nitrogens with zero attached hydrogens (tertiary/aromatic N) is 2. The van der Waals surface area contributed by atoms with Gasteiger partial charge >= 0.3 is 12.1 Å². The van der Waals surface area contributed by atoms with Crippen LogP contribution in [0.3, 0.4) is 0 Å². The average Bonchev–Trinajstić information content (AvgIpc) is 2.76. The van der Waals surface area contributed by atoms with Crippen molar-refractivity contribution in [3.05, 3.63) is 34.3 Å². The van der Waals surface area contributed by atoms with E-state index in [4.69, 9.17) is 9.90 Å². The molecule has 0 bridgehead atoms. The molecule has 1 saturated heterocycles. The molecular weight excluding hydrogens is 495 g/mol. The van der Waals surface area contributed by atoms with Crippen molar-refractivity contribution in [1.29, 1.82) is 0 Å². The number of amides is 2. The maximum Gasteiger partial charge on any atom is 0.490 e. The second-order valence-electron chi connectivity index (χ2n) is 7.19. The molecule has 1 aliphatic rings. The van der Waals surface area contributed by atoms with Crippen molar-refractivity contribution >= 4 is 33.7 Å². The highest BCUT2D eigenvalue weighted by Gasteiger charge is 2.38. The van der Waals surface area contributed by atoms with E-state index in [0.717, 1.165) is 49.9 Å². The van der Waals surface area contributed by atoms with Crippen LogP contribution in [0.2, 0.25) is 0 Å². The lowest BCUT2D eigenvalue weighted by atomic mass is 10.1. The minimum Gasteiger partial charge on any atom is -0.475 e. The van der Waals surface area contributed by atoms with E-state index in [2.05, 4.69) is 28.2 Å². The van der Waals surface area contributed by atoms with Gasteiger partial charge in [0.1, 0.15) is 0 Å². The van der Waals surface area contributed by atoms with Crippen LogP contribution < -0.4 is 5.32 Å². The molecule has 0 unspecified atom stereocenters. The summed E-state index contributed by atoms with van der Waals surface area (Å²) in [5, 5.41) is 10.4. The first-order valence-corrected chi connectivity index (χ1v) is 11.2. The third-order valence-electron chi connectivity index (χ3n) is 4.70. The molecule has 1 aromatic carbocycles. The lowest BCUT2D eigenvalue weighted by Crippen LogP contribution is -2.47. The number of unbranched alkanes of at least 4 members (excludes halogenated alkanes) is 2. The van der Waals surface area contributed by atoms with Crippen LogP contribution in [0.1, 0.15) is 43.0 Å². The Balaban J connectivity index is 0.000000633. The predicted octanol–water partition coefficient (Wildman–Crippen LogP) is 3.54. The van der Waals surface area contributed by atoms with E-state index in [1.807, 2.05) is 34.1 Å². The Kier molecular flexibility index (Phi) is 12.3. The molecule has 7 nitrogen and oxygen atoms in total. The Labute approximate surface area is 194 Å². The number of rotatable bonds is 8. The van der Waals surface area contributed by atoms with Gasteiger partial charge < -0.3 is 20.2 Å². The molecule has 1 heterocycles. The summed E-state index contributed by atoms with van der Waals surface area (Å²) < 4.78 is 32.6. The maximum absolute atomic E-state index is 12.9. The third kappa shape index (κ3) is 10.4. The highest BCUT2D eigenvalue weighted by molar-refractivity contribution is 9.10.